The van der Waals surface area contributed by atoms with Crippen LogP contribution >= 0.6 is 0 Å². The molecule has 0 aromatic rings. The minimum Gasteiger partial charge on any atom is -0.413 e. The normalized spacial score (nSPS) is 41.8. The summed E-state index contributed by atoms with van der Waals surface area (Å²) in [5, 5.41) is 22.5. The number of fused-ring (bicyclic) bond motifs is 1. The van der Waals surface area contributed by atoms with E-state index in [2.05, 4.69) is 40.8 Å². The number of ether oxygens (including phenoxy) is 2. The molecule has 2 aliphatic carbocycles. The summed E-state index contributed by atoms with van der Waals surface area (Å²) in [5.41, 5.74) is -1.72. The number of hydrogen-bond acceptors (Lipinski definition) is 5. The van der Waals surface area contributed by atoms with Crippen LogP contribution in [0.5, 0.6) is 0 Å². The third-order valence-electron chi connectivity index (χ3n) is 7.57. The predicted molar refractivity (Wildman–Crippen MR) is 98.9 cm³/mol. The molecule has 5 nitrogen and oxygen atoms in total. The summed E-state index contributed by atoms with van der Waals surface area (Å²) >= 11 is 0. The highest BCUT2D eigenvalue weighted by Gasteiger charge is 2.66. The van der Waals surface area contributed by atoms with E-state index in [0.29, 0.717) is 26.1 Å². The van der Waals surface area contributed by atoms with Gasteiger partial charge in [0.15, 0.2) is 14.1 Å². The van der Waals surface area contributed by atoms with Crippen LogP contribution in [-0.4, -0.2) is 55.3 Å². The summed E-state index contributed by atoms with van der Waals surface area (Å²) < 4.78 is 18.5. The molecule has 1 heterocycles. The van der Waals surface area contributed by atoms with Gasteiger partial charge in [0, 0.05) is 18.3 Å². The fourth-order valence-electron chi connectivity index (χ4n) is 4.64. The lowest BCUT2D eigenvalue weighted by molar-refractivity contribution is -0.301. The molecule has 1 spiro atoms. The molecule has 0 unspecified atom stereocenters. The molecule has 0 aromatic heterocycles. The maximum atomic E-state index is 11.6. The quantitative estimate of drug-likeness (QED) is 0.729. The van der Waals surface area contributed by atoms with Crippen molar-refractivity contribution >= 4 is 8.32 Å². The van der Waals surface area contributed by atoms with Crippen molar-refractivity contribution in [2.24, 2.45) is 5.41 Å². The summed E-state index contributed by atoms with van der Waals surface area (Å²) in [6, 6.07) is 0. The molecule has 146 valence electrons. The molecule has 0 radical (unpaired) electrons. The van der Waals surface area contributed by atoms with Crippen LogP contribution in [-0.2, 0) is 13.9 Å². The molecule has 0 amide bonds. The Balaban J connectivity index is 1.89. The second-order valence-corrected chi connectivity index (χ2v) is 14.8. The Labute approximate surface area is 153 Å². The molecule has 2 N–H and O–H groups in total. The van der Waals surface area contributed by atoms with Crippen LogP contribution in [0.1, 0.15) is 59.8 Å². The van der Waals surface area contributed by atoms with Crippen LogP contribution in [0.2, 0.25) is 18.1 Å². The van der Waals surface area contributed by atoms with Gasteiger partial charge in [-0.25, -0.2) is 0 Å². The van der Waals surface area contributed by atoms with Gasteiger partial charge in [0.25, 0.3) is 0 Å². The van der Waals surface area contributed by atoms with E-state index in [0.717, 1.165) is 19.3 Å². The minimum atomic E-state index is -1.97. The predicted octanol–water partition coefficient (Wildman–Crippen LogP) is 3.20. The van der Waals surface area contributed by atoms with Crippen molar-refractivity contribution < 1.29 is 24.1 Å². The maximum Gasteiger partial charge on any atom is 0.192 e. The van der Waals surface area contributed by atoms with Crippen LogP contribution in [0.15, 0.2) is 0 Å². The highest BCUT2D eigenvalue weighted by atomic mass is 28.4. The highest BCUT2D eigenvalue weighted by Crippen LogP contribution is 2.58. The molecule has 1 aliphatic heterocycles. The van der Waals surface area contributed by atoms with Gasteiger partial charge in [-0.05, 0) is 37.4 Å². The summed E-state index contributed by atoms with van der Waals surface area (Å²) in [6.07, 6.45) is 2.36. The third kappa shape index (κ3) is 3.03. The van der Waals surface area contributed by atoms with E-state index >= 15 is 0 Å². The first-order valence-electron chi connectivity index (χ1n) is 9.72. The Bertz CT molecular complexity index is 510. The van der Waals surface area contributed by atoms with Gasteiger partial charge in [0.1, 0.15) is 5.60 Å². The molecule has 6 heteroatoms. The highest BCUT2D eigenvalue weighted by molar-refractivity contribution is 6.74. The SMILES string of the molecule is CC(C)(C)[Si](C)(C)O[C@H]1CC[C@H](O)[C@@]2(O)CC3(CC[C@]12C)OCCO3. The Kier molecular flexibility index (Phi) is 4.75. The molecule has 3 aliphatic rings. The smallest absolute Gasteiger partial charge is 0.192 e. The van der Waals surface area contributed by atoms with Crippen LogP contribution < -0.4 is 0 Å². The summed E-state index contributed by atoms with van der Waals surface area (Å²) in [5.74, 6) is -0.728. The molecular formula is C19H36O5Si. The molecule has 1 saturated heterocycles. The van der Waals surface area contributed by atoms with E-state index in [1.165, 1.54) is 0 Å². The van der Waals surface area contributed by atoms with E-state index in [1.54, 1.807) is 0 Å². The van der Waals surface area contributed by atoms with Gasteiger partial charge < -0.3 is 24.1 Å². The lowest BCUT2D eigenvalue weighted by Crippen LogP contribution is -2.70. The van der Waals surface area contributed by atoms with Gasteiger partial charge in [-0.15, -0.1) is 0 Å². The molecule has 4 atom stereocenters. The zero-order chi connectivity index (χ0) is 18.7. The van der Waals surface area contributed by atoms with Gasteiger partial charge >= 0.3 is 0 Å². The van der Waals surface area contributed by atoms with Crippen molar-refractivity contribution in [1.82, 2.24) is 0 Å². The number of aliphatic hydroxyl groups is 2. The topological polar surface area (TPSA) is 68.2 Å². The average Bonchev–Trinajstić information content (AvgIpc) is 2.93. The van der Waals surface area contributed by atoms with E-state index in [1.807, 2.05) is 0 Å². The van der Waals surface area contributed by atoms with E-state index in [4.69, 9.17) is 13.9 Å². The van der Waals surface area contributed by atoms with Gasteiger partial charge in [-0.2, -0.15) is 0 Å². The van der Waals surface area contributed by atoms with E-state index < -0.39 is 31.2 Å². The fourth-order valence-corrected chi connectivity index (χ4v) is 6.08. The molecule has 3 fully saturated rings. The Morgan fingerprint density at radius 3 is 2.24 bits per heavy atom. The number of hydrogen-bond donors (Lipinski definition) is 2. The van der Waals surface area contributed by atoms with Gasteiger partial charge in [-0.1, -0.05) is 27.7 Å². The van der Waals surface area contributed by atoms with Crippen LogP contribution in [0.4, 0.5) is 0 Å². The molecule has 3 rings (SSSR count). The second kappa shape index (κ2) is 6.01. The Morgan fingerprint density at radius 1 is 1.08 bits per heavy atom. The van der Waals surface area contributed by atoms with E-state index in [9.17, 15) is 10.2 Å². The number of aliphatic hydroxyl groups excluding tert-OH is 1. The summed E-state index contributed by atoms with van der Waals surface area (Å²) in [4.78, 5) is 0. The Hall–Kier alpha value is 0.0169. The lowest BCUT2D eigenvalue weighted by atomic mass is 9.54. The first-order chi connectivity index (χ1) is 11.4. The van der Waals surface area contributed by atoms with Crippen molar-refractivity contribution in [3.63, 3.8) is 0 Å². The van der Waals surface area contributed by atoms with Gasteiger partial charge in [-0.3, -0.25) is 0 Å². The monoisotopic (exact) mass is 372 g/mol. The van der Waals surface area contributed by atoms with Gasteiger partial charge in [0.2, 0.25) is 0 Å². The van der Waals surface area contributed by atoms with Crippen molar-refractivity contribution in [3.05, 3.63) is 0 Å². The van der Waals surface area contributed by atoms with Crippen molar-refractivity contribution in [3.8, 4) is 0 Å². The average molecular weight is 373 g/mol. The van der Waals surface area contributed by atoms with Crippen LogP contribution in [0, 0.1) is 5.41 Å². The Morgan fingerprint density at radius 2 is 1.68 bits per heavy atom. The van der Waals surface area contributed by atoms with Gasteiger partial charge in [0.05, 0.1) is 25.4 Å². The third-order valence-corrected chi connectivity index (χ3v) is 12.1. The molecule has 0 aromatic carbocycles. The molecule has 2 saturated carbocycles. The first-order valence-corrected chi connectivity index (χ1v) is 12.6. The van der Waals surface area contributed by atoms with Crippen LogP contribution in [0.25, 0.3) is 0 Å². The fraction of sp³-hybridized carbons (Fsp3) is 1.00. The lowest BCUT2D eigenvalue weighted by Gasteiger charge is -2.61. The van der Waals surface area contributed by atoms with Crippen molar-refractivity contribution in [2.75, 3.05) is 13.2 Å². The molecule has 25 heavy (non-hydrogen) atoms. The standard InChI is InChI=1S/C19H36O5Si/c1-16(2,3)25(5,6)24-15-8-7-14(20)19(21)13-18(22-11-12-23-18)10-9-17(15,19)4/h14-15,20-21H,7-13H2,1-6H3/t14-,15-,17+,19-/m0/s1. The largest absolute Gasteiger partial charge is 0.413 e. The zero-order valence-electron chi connectivity index (χ0n) is 16.7. The molecular weight excluding hydrogens is 336 g/mol. The zero-order valence-corrected chi connectivity index (χ0v) is 17.7. The molecule has 0 bridgehead atoms. The first kappa shape index (κ1) is 19.8. The van der Waals surface area contributed by atoms with Crippen molar-refractivity contribution in [2.45, 2.75) is 102 Å². The summed E-state index contributed by atoms with van der Waals surface area (Å²) in [7, 11) is -1.97. The van der Waals surface area contributed by atoms with E-state index in [-0.39, 0.29) is 11.1 Å². The number of rotatable bonds is 2. The second-order valence-electron chi connectivity index (χ2n) is 10.1. The maximum absolute atomic E-state index is 11.6. The summed E-state index contributed by atoms with van der Waals surface area (Å²) in [6.45, 7) is 14.4. The van der Waals surface area contributed by atoms with Crippen molar-refractivity contribution in [1.29, 1.82) is 0 Å². The minimum absolute atomic E-state index is 0.0412. The van der Waals surface area contributed by atoms with Crippen LogP contribution in [0.3, 0.4) is 0 Å².